The first-order valence-corrected chi connectivity index (χ1v) is 11.4. The third kappa shape index (κ3) is 6.67. The summed E-state index contributed by atoms with van der Waals surface area (Å²) in [5.41, 5.74) is 6.86. The van der Waals surface area contributed by atoms with Crippen molar-refractivity contribution in [2.24, 2.45) is 11.7 Å². The molecule has 33 heavy (non-hydrogen) atoms. The van der Waals surface area contributed by atoms with Gasteiger partial charge in [-0.05, 0) is 37.1 Å². The van der Waals surface area contributed by atoms with E-state index in [0.717, 1.165) is 51.6 Å². The molecule has 3 fully saturated rings. The fourth-order valence-electron chi connectivity index (χ4n) is 4.52. The molecule has 2 amide bonds. The van der Waals surface area contributed by atoms with Crippen LogP contribution >= 0.6 is 0 Å². The third-order valence-electron chi connectivity index (χ3n) is 6.21. The number of aliphatic carboxylic acids is 1. The quantitative estimate of drug-likeness (QED) is 0.450. The molecule has 4 N–H and O–H groups in total. The first-order chi connectivity index (χ1) is 15.7. The molecule has 0 aromatic heterocycles. The number of hydrogen-bond donors (Lipinski definition) is 3. The van der Waals surface area contributed by atoms with Crippen LogP contribution < -0.4 is 10.6 Å². The number of amidine groups is 1. The Hall–Kier alpha value is -3.14. The molecule has 1 saturated carbocycles. The summed E-state index contributed by atoms with van der Waals surface area (Å²) in [6.45, 7) is 5.41. The van der Waals surface area contributed by atoms with Gasteiger partial charge in [0.05, 0.1) is 6.54 Å². The van der Waals surface area contributed by atoms with Crippen LogP contribution in [0.2, 0.25) is 0 Å². The van der Waals surface area contributed by atoms with Crippen molar-refractivity contribution in [3.63, 3.8) is 0 Å². The minimum Gasteiger partial charge on any atom is -0.481 e. The van der Waals surface area contributed by atoms with Crippen LogP contribution in [0.15, 0.2) is 24.3 Å². The number of rotatable bonds is 5. The lowest BCUT2D eigenvalue weighted by molar-refractivity contribution is -0.137. The molecule has 2 saturated heterocycles. The van der Waals surface area contributed by atoms with Gasteiger partial charge in [-0.25, -0.2) is 4.79 Å². The Kier molecular flexibility index (Phi) is 8.26. The van der Waals surface area contributed by atoms with E-state index in [4.69, 9.17) is 25.8 Å². The Balaban J connectivity index is 0.000000709. The van der Waals surface area contributed by atoms with Crippen molar-refractivity contribution in [3.05, 3.63) is 29.8 Å². The number of ether oxygens (including phenoxy) is 1. The van der Waals surface area contributed by atoms with Crippen molar-refractivity contribution >= 4 is 29.5 Å². The van der Waals surface area contributed by atoms with Gasteiger partial charge in [-0.15, -0.1) is 0 Å². The Labute approximate surface area is 193 Å². The number of benzene rings is 1. The number of piperazine rings is 1. The lowest BCUT2D eigenvalue weighted by atomic mass is 10.1. The van der Waals surface area contributed by atoms with Crippen LogP contribution in [-0.4, -0.2) is 84.1 Å². The highest BCUT2D eigenvalue weighted by Gasteiger charge is 2.35. The lowest BCUT2D eigenvalue weighted by Crippen LogP contribution is -2.51. The highest BCUT2D eigenvalue weighted by Crippen LogP contribution is 2.27. The number of carbonyl (C=O) groups is 3. The normalized spacial score (nSPS) is 21.4. The summed E-state index contributed by atoms with van der Waals surface area (Å²) >= 11 is 0. The number of anilines is 1. The van der Waals surface area contributed by atoms with Crippen LogP contribution in [0.25, 0.3) is 0 Å². The van der Waals surface area contributed by atoms with Crippen LogP contribution in [0.3, 0.4) is 0 Å². The number of nitrogens with zero attached hydrogens (tertiary/aromatic N) is 3. The Bertz CT molecular complexity index is 856. The van der Waals surface area contributed by atoms with E-state index in [0.29, 0.717) is 24.6 Å². The molecule has 0 bridgehead atoms. The summed E-state index contributed by atoms with van der Waals surface area (Å²) in [5, 5.41) is 14.9. The predicted molar refractivity (Wildman–Crippen MR) is 123 cm³/mol. The third-order valence-corrected chi connectivity index (χ3v) is 6.21. The number of nitrogen functional groups attached to an aromatic ring is 1. The number of amides is 2. The number of carbonyl (C=O) groups excluding carboxylic acids is 2. The van der Waals surface area contributed by atoms with E-state index in [1.807, 2.05) is 4.90 Å². The molecule has 3 aliphatic rings. The molecule has 1 aliphatic carbocycles. The minimum atomic E-state index is -0.833. The summed E-state index contributed by atoms with van der Waals surface area (Å²) in [6, 6.07) is 7.04. The molecule has 1 atom stereocenters. The fourth-order valence-corrected chi connectivity index (χ4v) is 4.52. The van der Waals surface area contributed by atoms with Crippen molar-refractivity contribution in [1.29, 1.82) is 5.41 Å². The van der Waals surface area contributed by atoms with Gasteiger partial charge >= 0.3 is 6.09 Å². The van der Waals surface area contributed by atoms with Crippen molar-refractivity contribution in [1.82, 2.24) is 9.80 Å². The summed E-state index contributed by atoms with van der Waals surface area (Å²) in [6.07, 6.45) is 3.91. The molecule has 4 rings (SSSR count). The van der Waals surface area contributed by atoms with E-state index in [9.17, 15) is 9.59 Å². The van der Waals surface area contributed by atoms with Crippen LogP contribution in [0.5, 0.6) is 0 Å². The second kappa shape index (κ2) is 11.1. The van der Waals surface area contributed by atoms with Gasteiger partial charge in [-0.1, -0.05) is 12.8 Å². The Morgan fingerprint density at radius 2 is 1.70 bits per heavy atom. The number of cyclic esters (lactones) is 1. The SMILES string of the molecule is CC(=O)O.N=C(N)c1ccc(N2CC(CN3CCN(C(=O)C4CCCC4)CC3)OC2=O)cc1. The molecular weight excluding hydrogens is 426 g/mol. The lowest BCUT2D eigenvalue weighted by Gasteiger charge is -2.36. The second-order valence-corrected chi connectivity index (χ2v) is 8.70. The van der Waals surface area contributed by atoms with E-state index >= 15 is 0 Å². The standard InChI is InChI=1S/C21H29N5O3.C2H4O2/c22-19(23)15-5-7-17(8-6-15)26-14-18(29-21(26)28)13-24-9-11-25(12-10-24)20(27)16-3-1-2-4-16;1-2(3)4/h5-8,16,18H,1-4,9-14H2,(H3,22,23);1H3,(H,3,4). The maximum Gasteiger partial charge on any atom is 0.414 e. The zero-order valence-corrected chi connectivity index (χ0v) is 19.0. The van der Waals surface area contributed by atoms with E-state index in [1.165, 1.54) is 12.8 Å². The van der Waals surface area contributed by atoms with Gasteiger partial charge < -0.3 is 20.5 Å². The van der Waals surface area contributed by atoms with Crippen LogP contribution in [-0.2, 0) is 14.3 Å². The van der Waals surface area contributed by atoms with E-state index in [2.05, 4.69) is 4.90 Å². The van der Waals surface area contributed by atoms with E-state index in [1.54, 1.807) is 29.2 Å². The van der Waals surface area contributed by atoms with E-state index in [-0.39, 0.29) is 24.0 Å². The summed E-state index contributed by atoms with van der Waals surface area (Å²) in [5.74, 6) is -0.265. The molecule has 0 spiro atoms. The molecular formula is C23H33N5O5. The molecule has 180 valence electrons. The van der Waals surface area contributed by atoms with Crippen LogP contribution in [0.4, 0.5) is 10.5 Å². The molecule has 0 radical (unpaired) electrons. The minimum absolute atomic E-state index is 0.00369. The summed E-state index contributed by atoms with van der Waals surface area (Å²) in [4.78, 5) is 39.8. The fraction of sp³-hybridized carbons (Fsp3) is 0.565. The highest BCUT2D eigenvalue weighted by molar-refractivity contribution is 5.96. The molecule has 10 nitrogen and oxygen atoms in total. The van der Waals surface area contributed by atoms with Crippen molar-refractivity contribution in [2.75, 3.05) is 44.2 Å². The second-order valence-electron chi connectivity index (χ2n) is 8.70. The molecule has 1 aromatic carbocycles. The summed E-state index contributed by atoms with van der Waals surface area (Å²) < 4.78 is 5.56. The number of nitrogens with one attached hydrogen (secondary N) is 1. The van der Waals surface area contributed by atoms with Gasteiger partial charge in [0.2, 0.25) is 5.91 Å². The maximum absolute atomic E-state index is 12.6. The van der Waals surface area contributed by atoms with Crippen molar-refractivity contribution in [2.45, 2.75) is 38.7 Å². The first kappa shape index (κ1) is 24.5. The highest BCUT2D eigenvalue weighted by atomic mass is 16.6. The monoisotopic (exact) mass is 459 g/mol. The molecule has 2 aliphatic heterocycles. The number of carboxylic acids is 1. The van der Waals surface area contributed by atoms with Gasteiger partial charge in [-0.3, -0.25) is 24.8 Å². The molecule has 10 heteroatoms. The number of nitrogens with two attached hydrogens (primary N) is 1. The van der Waals surface area contributed by atoms with Crippen molar-refractivity contribution < 1.29 is 24.2 Å². The average molecular weight is 460 g/mol. The van der Waals surface area contributed by atoms with Gasteiger partial charge in [0.1, 0.15) is 11.9 Å². The van der Waals surface area contributed by atoms with Gasteiger partial charge in [0.15, 0.2) is 0 Å². The molecule has 1 unspecified atom stereocenters. The zero-order chi connectivity index (χ0) is 24.0. The maximum atomic E-state index is 12.6. The number of hydrogen-bond acceptors (Lipinski definition) is 6. The van der Waals surface area contributed by atoms with Crippen LogP contribution in [0, 0.1) is 11.3 Å². The van der Waals surface area contributed by atoms with Crippen LogP contribution in [0.1, 0.15) is 38.2 Å². The van der Waals surface area contributed by atoms with Gasteiger partial charge in [0, 0.05) is 56.8 Å². The van der Waals surface area contributed by atoms with Gasteiger partial charge in [-0.2, -0.15) is 0 Å². The smallest absolute Gasteiger partial charge is 0.414 e. The predicted octanol–water partition coefficient (Wildman–Crippen LogP) is 1.72. The molecule has 2 heterocycles. The summed E-state index contributed by atoms with van der Waals surface area (Å²) in [7, 11) is 0. The topological polar surface area (TPSA) is 140 Å². The molecule has 1 aromatic rings. The van der Waals surface area contributed by atoms with E-state index < -0.39 is 5.97 Å². The Morgan fingerprint density at radius 3 is 2.24 bits per heavy atom. The average Bonchev–Trinajstić information content (AvgIpc) is 3.43. The number of carboxylic acid groups (broad SMARTS) is 1. The Morgan fingerprint density at radius 1 is 1.12 bits per heavy atom. The largest absolute Gasteiger partial charge is 0.481 e. The zero-order valence-electron chi connectivity index (χ0n) is 19.0. The van der Waals surface area contributed by atoms with Crippen molar-refractivity contribution in [3.8, 4) is 0 Å². The first-order valence-electron chi connectivity index (χ1n) is 11.4. The van der Waals surface area contributed by atoms with Gasteiger partial charge in [0.25, 0.3) is 5.97 Å².